The highest BCUT2D eigenvalue weighted by atomic mass is 16.2. The molecule has 0 unspecified atom stereocenters. The minimum absolute atomic E-state index is 0.331. The third-order valence-corrected chi connectivity index (χ3v) is 1.37. The number of aliphatic hydroxyl groups excluding tert-OH is 1. The van der Waals surface area contributed by atoms with Crippen LogP contribution in [0, 0.1) is 5.92 Å². The van der Waals surface area contributed by atoms with Crippen LogP contribution < -0.4 is 0 Å². The lowest BCUT2D eigenvalue weighted by Gasteiger charge is -2.03. The van der Waals surface area contributed by atoms with Crippen molar-refractivity contribution in [2.45, 2.75) is 33.1 Å². The van der Waals surface area contributed by atoms with Crippen molar-refractivity contribution in [2.75, 3.05) is 6.61 Å². The molecule has 0 aromatic carbocycles. The summed E-state index contributed by atoms with van der Waals surface area (Å²) in [5.74, 6) is 1.49. The van der Waals surface area contributed by atoms with Crippen LogP contribution >= 0.6 is 0 Å². The van der Waals surface area contributed by atoms with Gasteiger partial charge in [-0.1, -0.05) is 20.3 Å². The number of aliphatic hydroxyl groups is 1. The standard InChI is InChI=1S/C7H15O/c1-3-7(2)5-4-6-8/h8H,3-6H2,1-2H3. The van der Waals surface area contributed by atoms with Gasteiger partial charge in [0.25, 0.3) is 0 Å². The summed E-state index contributed by atoms with van der Waals surface area (Å²) in [4.78, 5) is 0. The SMILES string of the molecule is CC[C](C)CCCO. The Balaban J connectivity index is 2.86. The van der Waals surface area contributed by atoms with E-state index in [1.165, 1.54) is 5.92 Å². The van der Waals surface area contributed by atoms with Crippen LogP contribution in [0.1, 0.15) is 33.1 Å². The first kappa shape index (κ1) is 7.96. The predicted molar refractivity (Wildman–Crippen MR) is 35.5 cm³/mol. The zero-order valence-corrected chi connectivity index (χ0v) is 5.78. The largest absolute Gasteiger partial charge is 0.396 e. The molecule has 49 valence electrons. The summed E-state index contributed by atoms with van der Waals surface area (Å²) < 4.78 is 0. The van der Waals surface area contributed by atoms with Crippen molar-refractivity contribution in [2.24, 2.45) is 0 Å². The van der Waals surface area contributed by atoms with Crippen LogP contribution in [0.2, 0.25) is 0 Å². The van der Waals surface area contributed by atoms with Gasteiger partial charge in [-0.2, -0.15) is 0 Å². The molecular formula is C7H15O. The lowest BCUT2D eigenvalue weighted by atomic mass is 10.0. The molecule has 0 bridgehead atoms. The van der Waals surface area contributed by atoms with Crippen molar-refractivity contribution in [1.29, 1.82) is 0 Å². The molecule has 1 N–H and O–H groups in total. The Bertz CT molecular complexity index is 43.7. The molecule has 0 aromatic heterocycles. The second-order valence-electron chi connectivity index (χ2n) is 2.14. The molecule has 0 fully saturated rings. The second kappa shape index (κ2) is 5.10. The van der Waals surface area contributed by atoms with Gasteiger partial charge >= 0.3 is 0 Å². The molecule has 0 aliphatic heterocycles. The van der Waals surface area contributed by atoms with Gasteiger partial charge in [-0.25, -0.2) is 0 Å². The van der Waals surface area contributed by atoms with Gasteiger partial charge in [-0.05, 0) is 18.8 Å². The van der Waals surface area contributed by atoms with Gasteiger partial charge in [0.15, 0.2) is 0 Å². The molecule has 0 spiro atoms. The van der Waals surface area contributed by atoms with E-state index in [0.717, 1.165) is 19.3 Å². The Morgan fingerprint density at radius 2 is 2.12 bits per heavy atom. The summed E-state index contributed by atoms with van der Waals surface area (Å²) in [6.45, 7) is 4.61. The van der Waals surface area contributed by atoms with Gasteiger partial charge in [0.2, 0.25) is 0 Å². The fraction of sp³-hybridized carbons (Fsp3) is 0.857. The lowest BCUT2D eigenvalue weighted by Crippen LogP contribution is -1.91. The molecule has 0 atom stereocenters. The van der Waals surface area contributed by atoms with E-state index in [1.54, 1.807) is 0 Å². The fourth-order valence-corrected chi connectivity index (χ4v) is 0.558. The molecule has 1 radical (unpaired) electrons. The number of hydrogen-bond acceptors (Lipinski definition) is 1. The Kier molecular flexibility index (Phi) is 5.08. The number of rotatable bonds is 4. The van der Waals surface area contributed by atoms with Gasteiger partial charge in [-0.3, -0.25) is 0 Å². The minimum atomic E-state index is 0.331. The summed E-state index contributed by atoms with van der Waals surface area (Å²) in [7, 11) is 0. The first-order chi connectivity index (χ1) is 3.81. The lowest BCUT2D eigenvalue weighted by molar-refractivity contribution is 0.285. The Hall–Kier alpha value is -0.0400. The highest BCUT2D eigenvalue weighted by molar-refractivity contribution is 4.80. The van der Waals surface area contributed by atoms with E-state index in [2.05, 4.69) is 13.8 Å². The Labute approximate surface area is 51.7 Å². The van der Waals surface area contributed by atoms with Gasteiger partial charge < -0.3 is 5.11 Å². The van der Waals surface area contributed by atoms with Crippen LogP contribution in [0.3, 0.4) is 0 Å². The first-order valence-corrected chi connectivity index (χ1v) is 3.23. The van der Waals surface area contributed by atoms with E-state index in [4.69, 9.17) is 5.11 Å². The molecule has 1 nitrogen and oxygen atoms in total. The molecule has 0 aromatic rings. The molecular weight excluding hydrogens is 100 g/mol. The van der Waals surface area contributed by atoms with E-state index in [-0.39, 0.29) is 0 Å². The average Bonchev–Trinajstić information content (AvgIpc) is 1.83. The highest BCUT2D eigenvalue weighted by Gasteiger charge is 1.95. The van der Waals surface area contributed by atoms with Crippen LogP contribution in [0.4, 0.5) is 0 Å². The van der Waals surface area contributed by atoms with Crippen LogP contribution in [0.5, 0.6) is 0 Å². The maximum absolute atomic E-state index is 8.40. The first-order valence-electron chi connectivity index (χ1n) is 3.23. The average molecular weight is 115 g/mol. The topological polar surface area (TPSA) is 20.2 Å². The fourth-order valence-electron chi connectivity index (χ4n) is 0.558. The third kappa shape index (κ3) is 4.13. The summed E-state index contributed by atoms with van der Waals surface area (Å²) in [5, 5.41) is 8.40. The monoisotopic (exact) mass is 115 g/mol. The van der Waals surface area contributed by atoms with Crippen molar-refractivity contribution < 1.29 is 5.11 Å². The van der Waals surface area contributed by atoms with Gasteiger partial charge in [-0.15, -0.1) is 0 Å². The van der Waals surface area contributed by atoms with Crippen LogP contribution in [-0.4, -0.2) is 11.7 Å². The molecule has 0 saturated heterocycles. The van der Waals surface area contributed by atoms with Crippen molar-refractivity contribution in [3.05, 3.63) is 5.92 Å². The maximum atomic E-state index is 8.40. The summed E-state index contributed by atoms with van der Waals surface area (Å²) in [6.07, 6.45) is 3.17. The van der Waals surface area contributed by atoms with E-state index >= 15 is 0 Å². The van der Waals surface area contributed by atoms with Crippen LogP contribution in [0.15, 0.2) is 0 Å². The zero-order valence-electron chi connectivity index (χ0n) is 5.78. The quantitative estimate of drug-likeness (QED) is 0.592. The van der Waals surface area contributed by atoms with Crippen molar-refractivity contribution in [3.63, 3.8) is 0 Å². The summed E-state index contributed by atoms with van der Waals surface area (Å²) in [5.41, 5.74) is 0. The van der Waals surface area contributed by atoms with Gasteiger partial charge in [0.05, 0.1) is 0 Å². The van der Waals surface area contributed by atoms with E-state index < -0.39 is 0 Å². The Morgan fingerprint density at radius 1 is 1.50 bits per heavy atom. The van der Waals surface area contributed by atoms with Crippen LogP contribution in [0.25, 0.3) is 0 Å². The Morgan fingerprint density at radius 3 is 2.50 bits per heavy atom. The molecule has 0 amide bonds. The molecule has 0 saturated carbocycles. The van der Waals surface area contributed by atoms with E-state index in [1.807, 2.05) is 0 Å². The molecule has 1 heteroatoms. The van der Waals surface area contributed by atoms with Crippen molar-refractivity contribution in [3.8, 4) is 0 Å². The van der Waals surface area contributed by atoms with Crippen LogP contribution in [-0.2, 0) is 0 Å². The predicted octanol–water partition coefficient (Wildman–Crippen LogP) is 1.76. The minimum Gasteiger partial charge on any atom is -0.396 e. The van der Waals surface area contributed by atoms with Gasteiger partial charge in [0.1, 0.15) is 0 Å². The molecule has 0 aliphatic rings. The van der Waals surface area contributed by atoms with Crippen molar-refractivity contribution in [1.82, 2.24) is 0 Å². The van der Waals surface area contributed by atoms with E-state index in [9.17, 15) is 0 Å². The van der Waals surface area contributed by atoms with E-state index in [0.29, 0.717) is 6.61 Å². The molecule has 8 heavy (non-hydrogen) atoms. The number of hydrogen-bond donors (Lipinski definition) is 1. The summed E-state index contributed by atoms with van der Waals surface area (Å²) >= 11 is 0. The molecule has 0 aliphatic carbocycles. The highest BCUT2D eigenvalue weighted by Crippen LogP contribution is 2.10. The maximum Gasteiger partial charge on any atom is 0.0431 e. The summed E-state index contributed by atoms with van der Waals surface area (Å²) in [6, 6.07) is 0. The van der Waals surface area contributed by atoms with Gasteiger partial charge in [0, 0.05) is 6.61 Å². The molecule has 0 rings (SSSR count). The normalized spacial score (nSPS) is 10.5. The third-order valence-electron chi connectivity index (χ3n) is 1.37. The van der Waals surface area contributed by atoms with Crippen molar-refractivity contribution >= 4 is 0 Å². The molecule has 0 heterocycles. The second-order valence-corrected chi connectivity index (χ2v) is 2.14. The smallest absolute Gasteiger partial charge is 0.0431 e. The zero-order chi connectivity index (χ0) is 6.41.